The Morgan fingerprint density at radius 3 is 2.56 bits per heavy atom. The molecule has 1 N–H and O–H groups in total. The number of carbonyl (C=O) groups is 1. The van der Waals surface area contributed by atoms with Crippen molar-refractivity contribution in [3.05, 3.63) is 52.8 Å². The molecule has 0 aliphatic heterocycles. The zero-order valence-corrected chi connectivity index (χ0v) is 20.3. The molecule has 7 nitrogen and oxygen atoms in total. The van der Waals surface area contributed by atoms with Gasteiger partial charge in [0.25, 0.3) is 0 Å². The summed E-state index contributed by atoms with van der Waals surface area (Å²) >= 11 is 13.6. The van der Waals surface area contributed by atoms with Gasteiger partial charge < -0.3 is 5.32 Å². The Morgan fingerprint density at radius 2 is 1.97 bits per heavy atom. The molecular weight excluding hydrogens is 467 g/mol. The van der Waals surface area contributed by atoms with Crippen molar-refractivity contribution in [2.45, 2.75) is 43.6 Å². The molecule has 10 heteroatoms. The van der Waals surface area contributed by atoms with E-state index in [1.165, 1.54) is 11.8 Å². The number of nitrogens with zero attached hydrogens (tertiary/aromatic N) is 5. The van der Waals surface area contributed by atoms with Gasteiger partial charge in [-0.15, -0.1) is 10.2 Å². The van der Waals surface area contributed by atoms with Crippen LogP contribution in [0.15, 0.2) is 47.9 Å². The minimum atomic E-state index is -0.968. The van der Waals surface area contributed by atoms with Gasteiger partial charge in [0.05, 0.1) is 27.1 Å². The lowest BCUT2D eigenvalue weighted by Gasteiger charge is -2.28. The zero-order chi connectivity index (χ0) is 23.5. The molecule has 0 fully saturated rings. The van der Waals surface area contributed by atoms with E-state index in [4.69, 9.17) is 23.2 Å². The van der Waals surface area contributed by atoms with Gasteiger partial charge in [-0.05, 0) is 50.1 Å². The predicted octanol–water partition coefficient (Wildman–Crippen LogP) is 5.17. The lowest BCUT2D eigenvalue weighted by atomic mass is 9.90. The van der Waals surface area contributed by atoms with Crippen LogP contribution >= 0.6 is 35.0 Å². The molecule has 0 spiro atoms. The summed E-state index contributed by atoms with van der Waals surface area (Å²) in [6, 6.07) is 11.1. The van der Waals surface area contributed by atoms with Crippen molar-refractivity contribution in [3.63, 3.8) is 0 Å². The van der Waals surface area contributed by atoms with Crippen molar-refractivity contribution in [1.29, 1.82) is 5.26 Å². The Hall–Kier alpha value is -2.60. The molecule has 0 radical (unpaired) electrons. The maximum Gasteiger partial charge on any atom is 0.234 e. The largest absolute Gasteiger partial charge is 0.337 e. The number of nitriles is 1. The first-order chi connectivity index (χ1) is 15.2. The predicted molar refractivity (Wildman–Crippen MR) is 127 cm³/mol. The number of aromatic nitrogens is 4. The summed E-state index contributed by atoms with van der Waals surface area (Å²) in [7, 11) is 0. The van der Waals surface area contributed by atoms with Crippen LogP contribution in [0.2, 0.25) is 10.0 Å². The molecule has 0 saturated heterocycles. The third-order valence-corrected chi connectivity index (χ3v) is 6.92. The molecule has 1 amide bonds. The van der Waals surface area contributed by atoms with Gasteiger partial charge in [-0.1, -0.05) is 48.8 Å². The number of thioether (sulfide) groups is 1. The quantitative estimate of drug-likeness (QED) is 0.460. The van der Waals surface area contributed by atoms with Gasteiger partial charge >= 0.3 is 0 Å². The standard InChI is InChI=1S/C22H22Cl2N6OS/c1-13(2)22(4,12-25)27-20(31)14(3)32-21-29-28-19(15-6-5-9-26-11-15)30(21)16-7-8-17(23)18(24)10-16/h5-11,13-14H,1-4H3,(H,27,31). The Labute approximate surface area is 201 Å². The molecule has 0 bridgehead atoms. The van der Waals surface area contributed by atoms with Crippen LogP contribution in [0.1, 0.15) is 27.7 Å². The average molecular weight is 489 g/mol. The van der Waals surface area contributed by atoms with Crippen molar-refractivity contribution in [2.75, 3.05) is 0 Å². The zero-order valence-electron chi connectivity index (χ0n) is 18.0. The molecule has 2 atom stereocenters. The number of hydrogen-bond acceptors (Lipinski definition) is 6. The summed E-state index contributed by atoms with van der Waals surface area (Å²) in [5.74, 6) is 0.237. The third kappa shape index (κ3) is 5.07. The number of hydrogen-bond donors (Lipinski definition) is 1. The van der Waals surface area contributed by atoms with Gasteiger partial charge in [0.2, 0.25) is 5.91 Å². The summed E-state index contributed by atoms with van der Waals surface area (Å²) in [5, 5.41) is 21.8. The van der Waals surface area contributed by atoms with Crippen LogP contribution in [0, 0.1) is 17.2 Å². The minimum absolute atomic E-state index is 0.0503. The number of amides is 1. The number of carbonyl (C=O) groups excluding carboxylic acids is 1. The lowest BCUT2D eigenvalue weighted by Crippen LogP contribution is -2.51. The van der Waals surface area contributed by atoms with E-state index in [1.54, 1.807) is 55.1 Å². The summed E-state index contributed by atoms with van der Waals surface area (Å²) in [6.07, 6.45) is 3.36. The number of pyridine rings is 1. The smallest absolute Gasteiger partial charge is 0.234 e. The summed E-state index contributed by atoms with van der Waals surface area (Å²) in [6.45, 7) is 7.26. The SMILES string of the molecule is CC(Sc1nnc(-c2cccnc2)n1-c1ccc(Cl)c(Cl)c1)C(=O)NC(C)(C#N)C(C)C. The Balaban J connectivity index is 1.98. The van der Waals surface area contributed by atoms with E-state index in [2.05, 4.69) is 26.6 Å². The highest BCUT2D eigenvalue weighted by molar-refractivity contribution is 8.00. The molecule has 2 heterocycles. The van der Waals surface area contributed by atoms with Crippen LogP contribution in [0.5, 0.6) is 0 Å². The highest BCUT2D eigenvalue weighted by Crippen LogP contribution is 2.33. The number of benzene rings is 1. The van der Waals surface area contributed by atoms with Gasteiger partial charge in [0, 0.05) is 18.0 Å². The van der Waals surface area contributed by atoms with E-state index in [1.807, 2.05) is 19.9 Å². The van der Waals surface area contributed by atoms with Crippen LogP contribution in [-0.4, -0.2) is 36.4 Å². The van der Waals surface area contributed by atoms with E-state index in [-0.39, 0.29) is 11.8 Å². The van der Waals surface area contributed by atoms with Crippen LogP contribution in [-0.2, 0) is 4.79 Å². The fourth-order valence-electron chi connectivity index (χ4n) is 2.76. The Bertz CT molecular complexity index is 1160. The van der Waals surface area contributed by atoms with Gasteiger partial charge in [-0.25, -0.2) is 0 Å². The molecule has 32 heavy (non-hydrogen) atoms. The highest BCUT2D eigenvalue weighted by atomic mass is 35.5. The maximum atomic E-state index is 12.9. The first-order valence-corrected chi connectivity index (χ1v) is 11.5. The van der Waals surface area contributed by atoms with E-state index in [0.717, 1.165) is 5.56 Å². The monoisotopic (exact) mass is 488 g/mol. The lowest BCUT2D eigenvalue weighted by molar-refractivity contribution is -0.121. The van der Waals surface area contributed by atoms with Crippen molar-refractivity contribution in [3.8, 4) is 23.1 Å². The van der Waals surface area contributed by atoms with Crippen LogP contribution in [0.4, 0.5) is 0 Å². The van der Waals surface area contributed by atoms with E-state index in [0.29, 0.717) is 26.7 Å². The molecule has 3 rings (SSSR count). The van der Waals surface area contributed by atoms with E-state index >= 15 is 0 Å². The van der Waals surface area contributed by atoms with Gasteiger partial charge in [-0.2, -0.15) is 5.26 Å². The fourth-order valence-corrected chi connectivity index (χ4v) is 3.92. The second-order valence-corrected chi connectivity index (χ2v) is 9.82. The van der Waals surface area contributed by atoms with Gasteiger partial charge in [0.1, 0.15) is 5.54 Å². The summed E-state index contributed by atoms with van der Waals surface area (Å²) in [4.78, 5) is 17.0. The third-order valence-electron chi connectivity index (χ3n) is 5.14. The molecule has 0 aliphatic carbocycles. The van der Waals surface area contributed by atoms with Crippen LogP contribution in [0.3, 0.4) is 0 Å². The summed E-state index contributed by atoms with van der Waals surface area (Å²) in [5.41, 5.74) is 0.485. The van der Waals surface area contributed by atoms with Crippen molar-refractivity contribution in [2.24, 2.45) is 5.92 Å². The van der Waals surface area contributed by atoms with E-state index < -0.39 is 10.8 Å². The van der Waals surface area contributed by atoms with Crippen molar-refractivity contribution >= 4 is 40.9 Å². The average Bonchev–Trinajstić information content (AvgIpc) is 3.19. The molecule has 0 saturated carbocycles. The first-order valence-electron chi connectivity index (χ1n) is 9.87. The van der Waals surface area contributed by atoms with Crippen molar-refractivity contribution < 1.29 is 4.79 Å². The maximum absolute atomic E-state index is 12.9. The van der Waals surface area contributed by atoms with Gasteiger partial charge in [-0.3, -0.25) is 14.3 Å². The number of halogens is 2. The molecular formula is C22H22Cl2N6OS. The number of nitrogens with one attached hydrogen (secondary N) is 1. The molecule has 2 unspecified atom stereocenters. The topological polar surface area (TPSA) is 96.5 Å². The van der Waals surface area contributed by atoms with Gasteiger partial charge in [0.15, 0.2) is 11.0 Å². The fraction of sp³-hybridized carbons (Fsp3) is 0.318. The second-order valence-electron chi connectivity index (χ2n) is 7.70. The van der Waals surface area contributed by atoms with E-state index in [9.17, 15) is 10.1 Å². The van der Waals surface area contributed by atoms with Crippen LogP contribution in [0.25, 0.3) is 17.1 Å². The van der Waals surface area contributed by atoms with Crippen LogP contribution < -0.4 is 5.32 Å². The second kappa shape index (κ2) is 9.90. The minimum Gasteiger partial charge on any atom is -0.337 e. The normalized spacial score (nSPS) is 13.9. The first kappa shape index (κ1) is 24.1. The Morgan fingerprint density at radius 1 is 1.22 bits per heavy atom. The summed E-state index contributed by atoms with van der Waals surface area (Å²) < 4.78 is 1.81. The molecule has 3 aromatic rings. The molecule has 166 valence electrons. The Kier molecular flexibility index (Phi) is 7.44. The number of rotatable bonds is 7. The molecule has 0 aliphatic rings. The molecule has 1 aromatic carbocycles. The van der Waals surface area contributed by atoms with Crippen molar-refractivity contribution in [1.82, 2.24) is 25.1 Å². The molecule has 2 aromatic heterocycles. The highest BCUT2D eigenvalue weighted by Gasteiger charge is 2.32.